The van der Waals surface area contributed by atoms with Crippen LogP contribution in [-0.2, 0) is 9.53 Å². The minimum absolute atomic E-state index is 0.157. The van der Waals surface area contributed by atoms with Gasteiger partial charge in [0.15, 0.2) is 0 Å². The van der Waals surface area contributed by atoms with Crippen LogP contribution in [0, 0.1) is 0 Å². The molecule has 0 bridgehead atoms. The maximum atomic E-state index is 12.4. The number of rotatable bonds is 7. The molecule has 1 aliphatic rings. The van der Waals surface area contributed by atoms with E-state index in [0.717, 1.165) is 31.6 Å². The maximum absolute atomic E-state index is 12.4. The van der Waals surface area contributed by atoms with Crippen LogP contribution in [0.3, 0.4) is 0 Å². The number of benzene rings is 1. The Hall–Kier alpha value is -1.39. The summed E-state index contributed by atoms with van der Waals surface area (Å²) in [4.78, 5) is 14.3. The Balaban J connectivity index is 2.09. The molecule has 0 radical (unpaired) electrons. The predicted octanol–water partition coefficient (Wildman–Crippen LogP) is 2.89. The van der Waals surface area contributed by atoms with E-state index in [0.29, 0.717) is 25.7 Å². The third-order valence-electron chi connectivity index (χ3n) is 3.85. The molecule has 1 heterocycles. The van der Waals surface area contributed by atoms with E-state index in [4.69, 9.17) is 4.74 Å². The van der Waals surface area contributed by atoms with Crippen LogP contribution in [-0.4, -0.2) is 32.2 Å². The van der Waals surface area contributed by atoms with Crippen molar-refractivity contribution < 1.29 is 9.53 Å². The summed E-state index contributed by atoms with van der Waals surface area (Å²) in [5, 5.41) is 3.58. The van der Waals surface area contributed by atoms with Gasteiger partial charge in [-0.05, 0) is 37.9 Å². The molecule has 1 aliphatic heterocycles. The topological polar surface area (TPSA) is 41.6 Å². The van der Waals surface area contributed by atoms with E-state index >= 15 is 0 Å². The molecule has 1 unspecified atom stereocenters. The summed E-state index contributed by atoms with van der Waals surface area (Å²) in [6.07, 6.45) is 2.54. The molecule has 1 aromatic rings. The van der Waals surface area contributed by atoms with E-state index in [1.165, 1.54) is 5.56 Å². The molecule has 0 saturated heterocycles. The van der Waals surface area contributed by atoms with E-state index in [-0.39, 0.29) is 5.91 Å². The summed E-state index contributed by atoms with van der Waals surface area (Å²) < 4.78 is 5.30. The molecule has 116 valence electrons. The third-order valence-corrected chi connectivity index (χ3v) is 3.85. The van der Waals surface area contributed by atoms with E-state index in [2.05, 4.69) is 18.3 Å². The standard InChI is InChI=1S/C17H26N2O2/c1-3-11-18-15-9-12-19(17(20)10-13-21-4-2)16-8-6-5-7-14(15)16/h5-8,15,18H,3-4,9-13H2,1-2H3. The average Bonchev–Trinajstić information content (AvgIpc) is 2.52. The number of anilines is 1. The Bertz CT molecular complexity index is 462. The highest BCUT2D eigenvalue weighted by atomic mass is 16.5. The summed E-state index contributed by atoms with van der Waals surface area (Å²) >= 11 is 0. The Kier molecular flexibility index (Phi) is 6.21. The van der Waals surface area contributed by atoms with E-state index < -0.39 is 0 Å². The first-order valence-corrected chi connectivity index (χ1v) is 7.98. The molecule has 1 atom stereocenters. The second kappa shape index (κ2) is 8.15. The summed E-state index contributed by atoms with van der Waals surface area (Å²) in [6.45, 7) is 7.08. The molecule has 21 heavy (non-hydrogen) atoms. The lowest BCUT2D eigenvalue weighted by molar-refractivity contribution is -0.119. The van der Waals surface area contributed by atoms with Gasteiger partial charge >= 0.3 is 0 Å². The van der Waals surface area contributed by atoms with Gasteiger partial charge in [0, 0.05) is 24.9 Å². The highest BCUT2D eigenvalue weighted by molar-refractivity contribution is 5.94. The van der Waals surface area contributed by atoms with Crippen LogP contribution in [0.5, 0.6) is 0 Å². The van der Waals surface area contributed by atoms with Crippen molar-refractivity contribution in [1.82, 2.24) is 5.32 Å². The number of nitrogens with one attached hydrogen (secondary N) is 1. The summed E-state index contributed by atoms with van der Waals surface area (Å²) in [5.41, 5.74) is 2.29. The maximum Gasteiger partial charge on any atom is 0.229 e. The van der Waals surface area contributed by atoms with Crippen LogP contribution in [0.4, 0.5) is 5.69 Å². The molecule has 0 spiro atoms. The van der Waals surface area contributed by atoms with Crippen LogP contribution < -0.4 is 10.2 Å². The Morgan fingerprint density at radius 3 is 2.95 bits per heavy atom. The molecule has 2 rings (SSSR count). The fourth-order valence-electron chi connectivity index (χ4n) is 2.79. The number of hydrogen-bond donors (Lipinski definition) is 1. The lowest BCUT2D eigenvalue weighted by Gasteiger charge is -2.35. The number of hydrogen-bond acceptors (Lipinski definition) is 3. The zero-order chi connectivity index (χ0) is 15.1. The van der Waals surface area contributed by atoms with E-state index in [9.17, 15) is 4.79 Å². The molecular weight excluding hydrogens is 264 g/mol. The zero-order valence-electron chi connectivity index (χ0n) is 13.1. The van der Waals surface area contributed by atoms with Crippen LogP contribution in [0.1, 0.15) is 44.7 Å². The van der Waals surface area contributed by atoms with Gasteiger partial charge in [-0.2, -0.15) is 0 Å². The fourth-order valence-corrected chi connectivity index (χ4v) is 2.79. The minimum atomic E-state index is 0.157. The molecule has 0 aromatic heterocycles. The van der Waals surface area contributed by atoms with Crippen molar-refractivity contribution >= 4 is 11.6 Å². The number of carbonyl (C=O) groups excluding carboxylic acids is 1. The highest BCUT2D eigenvalue weighted by Crippen LogP contribution is 2.33. The Labute approximate surface area is 127 Å². The van der Waals surface area contributed by atoms with Crippen LogP contribution >= 0.6 is 0 Å². The molecule has 4 heteroatoms. The fraction of sp³-hybridized carbons (Fsp3) is 0.588. The van der Waals surface area contributed by atoms with Crippen LogP contribution in [0.2, 0.25) is 0 Å². The molecule has 1 amide bonds. The van der Waals surface area contributed by atoms with Gasteiger partial charge in [0.25, 0.3) is 0 Å². The first kappa shape index (κ1) is 16.0. The number of fused-ring (bicyclic) bond motifs is 1. The Morgan fingerprint density at radius 2 is 2.19 bits per heavy atom. The third kappa shape index (κ3) is 4.05. The first-order chi connectivity index (χ1) is 10.3. The molecule has 0 aliphatic carbocycles. The zero-order valence-corrected chi connectivity index (χ0v) is 13.1. The number of nitrogens with zero attached hydrogens (tertiary/aromatic N) is 1. The van der Waals surface area contributed by atoms with Gasteiger partial charge in [-0.15, -0.1) is 0 Å². The molecule has 1 aromatic carbocycles. The average molecular weight is 290 g/mol. The minimum Gasteiger partial charge on any atom is -0.381 e. The molecular formula is C17H26N2O2. The van der Waals surface area contributed by atoms with Crippen molar-refractivity contribution in [2.24, 2.45) is 0 Å². The van der Waals surface area contributed by atoms with Crippen molar-refractivity contribution in [2.45, 2.75) is 39.2 Å². The van der Waals surface area contributed by atoms with E-state index in [1.54, 1.807) is 0 Å². The van der Waals surface area contributed by atoms with Crippen molar-refractivity contribution in [2.75, 3.05) is 31.2 Å². The lowest BCUT2D eigenvalue weighted by atomic mass is 9.96. The van der Waals surface area contributed by atoms with Gasteiger partial charge in [-0.3, -0.25) is 4.79 Å². The second-order valence-corrected chi connectivity index (χ2v) is 5.35. The number of carbonyl (C=O) groups is 1. The van der Waals surface area contributed by atoms with Gasteiger partial charge in [-0.25, -0.2) is 0 Å². The highest BCUT2D eigenvalue weighted by Gasteiger charge is 2.27. The smallest absolute Gasteiger partial charge is 0.229 e. The number of ether oxygens (including phenoxy) is 1. The lowest BCUT2D eigenvalue weighted by Crippen LogP contribution is -2.40. The molecule has 0 fully saturated rings. The Morgan fingerprint density at radius 1 is 1.38 bits per heavy atom. The van der Waals surface area contributed by atoms with Crippen molar-refractivity contribution in [3.8, 4) is 0 Å². The quantitative estimate of drug-likeness (QED) is 0.785. The summed E-state index contributed by atoms with van der Waals surface area (Å²) in [5.74, 6) is 0.157. The monoisotopic (exact) mass is 290 g/mol. The number of amides is 1. The van der Waals surface area contributed by atoms with Gasteiger partial charge in [0.1, 0.15) is 0 Å². The summed E-state index contributed by atoms with van der Waals surface area (Å²) in [6, 6.07) is 8.59. The van der Waals surface area contributed by atoms with Crippen molar-refractivity contribution in [3.63, 3.8) is 0 Å². The van der Waals surface area contributed by atoms with Gasteiger partial charge in [-0.1, -0.05) is 25.1 Å². The SMILES string of the molecule is CCCNC1CCN(C(=O)CCOCC)c2ccccc21. The first-order valence-electron chi connectivity index (χ1n) is 7.98. The molecule has 0 saturated carbocycles. The predicted molar refractivity (Wildman–Crippen MR) is 85.6 cm³/mol. The number of para-hydroxylation sites is 1. The second-order valence-electron chi connectivity index (χ2n) is 5.35. The van der Waals surface area contributed by atoms with Crippen molar-refractivity contribution in [3.05, 3.63) is 29.8 Å². The molecule has 1 N–H and O–H groups in total. The van der Waals surface area contributed by atoms with Crippen LogP contribution in [0.25, 0.3) is 0 Å². The molecule has 4 nitrogen and oxygen atoms in total. The normalized spacial score (nSPS) is 17.6. The van der Waals surface area contributed by atoms with Gasteiger partial charge in [0.05, 0.1) is 13.0 Å². The van der Waals surface area contributed by atoms with Crippen molar-refractivity contribution in [1.29, 1.82) is 0 Å². The largest absolute Gasteiger partial charge is 0.381 e. The van der Waals surface area contributed by atoms with E-state index in [1.807, 2.05) is 30.0 Å². The van der Waals surface area contributed by atoms with Crippen LogP contribution in [0.15, 0.2) is 24.3 Å². The summed E-state index contributed by atoms with van der Waals surface area (Å²) in [7, 11) is 0. The van der Waals surface area contributed by atoms with Gasteiger partial charge < -0.3 is 15.0 Å². The van der Waals surface area contributed by atoms with Gasteiger partial charge in [0.2, 0.25) is 5.91 Å².